The number of aryl methyl sites for hydroxylation is 1. The molecule has 1 amide bonds. The number of amides is 1. The average molecular weight is 463 g/mol. The Bertz CT molecular complexity index is 1080. The van der Waals surface area contributed by atoms with Gasteiger partial charge < -0.3 is 15.0 Å². The number of benzene rings is 2. The van der Waals surface area contributed by atoms with Crippen molar-refractivity contribution < 1.29 is 9.53 Å². The lowest BCUT2D eigenvalue weighted by molar-refractivity contribution is -0.125. The number of hydrogen-bond donors (Lipinski definition) is 1. The zero-order chi connectivity index (χ0) is 23.0. The average Bonchev–Trinajstić information content (AvgIpc) is 2.84. The van der Waals surface area contributed by atoms with Crippen molar-refractivity contribution in [3.05, 3.63) is 72.1 Å². The van der Waals surface area contributed by atoms with Crippen molar-refractivity contribution in [3.8, 4) is 5.75 Å². The minimum Gasteiger partial charge on any atom is -0.494 e. The Balaban J connectivity index is 1.34. The molecule has 0 atom stereocenters. The first kappa shape index (κ1) is 23.1. The summed E-state index contributed by atoms with van der Waals surface area (Å²) in [6.07, 6.45) is 5.07. The van der Waals surface area contributed by atoms with E-state index in [0.717, 1.165) is 53.0 Å². The summed E-state index contributed by atoms with van der Waals surface area (Å²) < 4.78 is 5.67. The SMILES string of the molecule is CCOc1ccccc1CNC(=O)C1CCN(c2nccnc2Sc2cccc(C)c2)CC1. The van der Waals surface area contributed by atoms with Crippen LogP contribution in [0.3, 0.4) is 0 Å². The number of rotatable bonds is 8. The predicted octanol–water partition coefficient (Wildman–Crippen LogP) is 4.87. The summed E-state index contributed by atoms with van der Waals surface area (Å²) in [7, 11) is 0. The molecule has 0 unspecified atom stereocenters. The van der Waals surface area contributed by atoms with Gasteiger partial charge in [0, 0.05) is 48.4 Å². The zero-order valence-electron chi connectivity index (χ0n) is 19.2. The van der Waals surface area contributed by atoms with Crippen LogP contribution in [0.1, 0.15) is 30.9 Å². The molecule has 3 aromatic rings. The molecule has 4 rings (SSSR count). The lowest BCUT2D eigenvalue weighted by Crippen LogP contribution is -2.41. The van der Waals surface area contributed by atoms with Crippen molar-refractivity contribution in [1.29, 1.82) is 0 Å². The number of aromatic nitrogens is 2. The Morgan fingerprint density at radius 2 is 1.91 bits per heavy atom. The largest absolute Gasteiger partial charge is 0.494 e. The van der Waals surface area contributed by atoms with Gasteiger partial charge in [-0.3, -0.25) is 4.79 Å². The highest BCUT2D eigenvalue weighted by molar-refractivity contribution is 7.99. The van der Waals surface area contributed by atoms with Crippen molar-refractivity contribution in [2.75, 3.05) is 24.6 Å². The molecule has 1 N–H and O–H groups in total. The molecule has 0 radical (unpaired) electrons. The minimum absolute atomic E-state index is 0.00468. The number of hydrogen-bond acceptors (Lipinski definition) is 6. The first-order valence-electron chi connectivity index (χ1n) is 11.4. The molecule has 2 aromatic carbocycles. The van der Waals surface area contributed by atoms with Crippen molar-refractivity contribution in [3.63, 3.8) is 0 Å². The first-order chi connectivity index (χ1) is 16.1. The molecule has 1 saturated heterocycles. The van der Waals surface area contributed by atoms with Crippen molar-refractivity contribution in [1.82, 2.24) is 15.3 Å². The third kappa shape index (κ3) is 6.05. The topological polar surface area (TPSA) is 67.3 Å². The Hall–Kier alpha value is -3.06. The van der Waals surface area contributed by atoms with Gasteiger partial charge >= 0.3 is 0 Å². The molecule has 33 heavy (non-hydrogen) atoms. The van der Waals surface area contributed by atoms with E-state index in [0.29, 0.717) is 13.2 Å². The molecule has 1 aliphatic rings. The van der Waals surface area contributed by atoms with Crippen molar-refractivity contribution in [2.24, 2.45) is 5.92 Å². The molecule has 0 bridgehead atoms. The molecule has 172 valence electrons. The van der Waals surface area contributed by atoms with Crippen molar-refractivity contribution in [2.45, 2.75) is 43.2 Å². The van der Waals surface area contributed by atoms with Gasteiger partial charge in [-0.1, -0.05) is 47.7 Å². The maximum Gasteiger partial charge on any atom is 0.223 e. The second-order valence-electron chi connectivity index (χ2n) is 8.12. The van der Waals surface area contributed by atoms with Crippen molar-refractivity contribution >= 4 is 23.5 Å². The van der Waals surface area contributed by atoms with E-state index in [9.17, 15) is 4.79 Å². The normalized spacial score (nSPS) is 14.2. The van der Waals surface area contributed by atoms with E-state index in [1.54, 1.807) is 24.2 Å². The fourth-order valence-corrected chi connectivity index (χ4v) is 5.02. The van der Waals surface area contributed by atoms with E-state index in [1.807, 2.05) is 31.2 Å². The Morgan fingerprint density at radius 1 is 1.12 bits per heavy atom. The second-order valence-corrected chi connectivity index (χ2v) is 9.19. The highest BCUT2D eigenvalue weighted by Gasteiger charge is 2.27. The van der Waals surface area contributed by atoms with E-state index in [4.69, 9.17) is 4.74 Å². The lowest BCUT2D eigenvalue weighted by atomic mass is 9.96. The third-order valence-corrected chi connectivity index (χ3v) is 6.71. The molecule has 1 fully saturated rings. The third-order valence-electron chi connectivity index (χ3n) is 5.74. The van der Waals surface area contributed by atoms with E-state index in [2.05, 4.69) is 51.4 Å². The summed E-state index contributed by atoms with van der Waals surface area (Å²) in [5.41, 5.74) is 2.23. The Morgan fingerprint density at radius 3 is 2.70 bits per heavy atom. The van der Waals surface area contributed by atoms with Gasteiger partial charge in [-0.2, -0.15) is 0 Å². The van der Waals surface area contributed by atoms with E-state index in [-0.39, 0.29) is 11.8 Å². The highest BCUT2D eigenvalue weighted by Crippen LogP contribution is 2.34. The summed E-state index contributed by atoms with van der Waals surface area (Å²) in [6, 6.07) is 16.3. The molecule has 7 heteroatoms. The Kier molecular flexibility index (Phi) is 7.83. The minimum atomic E-state index is 0.00468. The van der Waals surface area contributed by atoms with Crippen LogP contribution in [0, 0.1) is 12.8 Å². The monoisotopic (exact) mass is 462 g/mol. The first-order valence-corrected chi connectivity index (χ1v) is 12.2. The van der Waals surface area contributed by atoms with Crippen LogP contribution >= 0.6 is 11.8 Å². The lowest BCUT2D eigenvalue weighted by Gasteiger charge is -2.32. The van der Waals surface area contributed by atoms with Crippen LogP contribution in [0.25, 0.3) is 0 Å². The number of piperidine rings is 1. The molecular weight excluding hydrogens is 432 g/mol. The van der Waals surface area contributed by atoms with Gasteiger partial charge in [-0.05, 0) is 44.9 Å². The summed E-state index contributed by atoms with van der Waals surface area (Å²) in [4.78, 5) is 25.4. The van der Waals surface area contributed by atoms with Crippen LogP contribution in [-0.4, -0.2) is 35.6 Å². The van der Waals surface area contributed by atoms with Crippen LogP contribution in [0.2, 0.25) is 0 Å². The Labute approximate surface area is 199 Å². The van der Waals surface area contributed by atoms with Gasteiger partial charge in [0.2, 0.25) is 5.91 Å². The van der Waals surface area contributed by atoms with Crippen LogP contribution in [-0.2, 0) is 11.3 Å². The molecular formula is C26H30N4O2S. The van der Waals surface area contributed by atoms with Gasteiger partial charge in [0.05, 0.1) is 6.61 Å². The second kappa shape index (κ2) is 11.2. The molecule has 6 nitrogen and oxygen atoms in total. The molecule has 0 aliphatic carbocycles. The fraction of sp³-hybridized carbons (Fsp3) is 0.346. The summed E-state index contributed by atoms with van der Waals surface area (Å²) in [5, 5.41) is 4.00. The van der Waals surface area contributed by atoms with E-state index >= 15 is 0 Å². The van der Waals surface area contributed by atoms with Gasteiger partial charge in [0.1, 0.15) is 10.8 Å². The number of ether oxygens (including phenoxy) is 1. The van der Waals surface area contributed by atoms with Gasteiger partial charge in [0.25, 0.3) is 0 Å². The summed E-state index contributed by atoms with van der Waals surface area (Å²) in [6.45, 7) is 6.71. The van der Waals surface area contributed by atoms with Gasteiger partial charge in [0.15, 0.2) is 5.82 Å². The zero-order valence-corrected chi connectivity index (χ0v) is 20.0. The number of anilines is 1. The van der Waals surface area contributed by atoms with E-state index < -0.39 is 0 Å². The highest BCUT2D eigenvalue weighted by atomic mass is 32.2. The molecule has 0 spiro atoms. The number of carbonyl (C=O) groups is 1. The van der Waals surface area contributed by atoms with Gasteiger partial charge in [-0.25, -0.2) is 9.97 Å². The van der Waals surface area contributed by atoms with Gasteiger partial charge in [-0.15, -0.1) is 0 Å². The maximum absolute atomic E-state index is 12.8. The van der Waals surface area contributed by atoms with Crippen LogP contribution in [0.5, 0.6) is 5.75 Å². The quantitative estimate of drug-likeness (QED) is 0.515. The predicted molar refractivity (Wildman–Crippen MR) is 132 cm³/mol. The number of nitrogens with one attached hydrogen (secondary N) is 1. The standard InChI is InChI=1S/C26H30N4O2S/c1-3-32-23-10-5-4-8-21(23)18-29-25(31)20-11-15-30(16-12-20)24-26(28-14-13-27-24)33-22-9-6-7-19(2)17-22/h4-10,13-14,17,20H,3,11-12,15-16,18H2,1-2H3,(H,29,31). The summed E-state index contributed by atoms with van der Waals surface area (Å²) >= 11 is 1.63. The van der Waals surface area contributed by atoms with Crippen LogP contribution in [0.15, 0.2) is 70.8 Å². The maximum atomic E-state index is 12.8. The number of nitrogens with zero attached hydrogens (tertiary/aromatic N) is 3. The molecule has 2 heterocycles. The molecule has 0 saturated carbocycles. The molecule has 1 aliphatic heterocycles. The fourth-order valence-electron chi connectivity index (χ4n) is 4.02. The van der Waals surface area contributed by atoms with Crippen LogP contribution in [0.4, 0.5) is 5.82 Å². The number of carbonyl (C=O) groups excluding carboxylic acids is 1. The summed E-state index contributed by atoms with van der Waals surface area (Å²) in [5.74, 6) is 1.84. The number of para-hydroxylation sites is 1. The smallest absolute Gasteiger partial charge is 0.223 e. The molecule has 1 aromatic heterocycles. The van der Waals surface area contributed by atoms with Crippen LogP contribution < -0.4 is 15.0 Å². The van der Waals surface area contributed by atoms with E-state index in [1.165, 1.54) is 5.56 Å².